The lowest BCUT2D eigenvalue weighted by Crippen LogP contribution is -2.36. The molecule has 6 nitrogen and oxygen atoms in total. The summed E-state index contributed by atoms with van der Waals surface area (Å²) in [6.45, 7) is 9.31. The van der Waals surface area contributed by atoms with Crippen LogP contribution in [0.5, 0.6) is 5.88 Å². The number of carbonyl (C=O) groups excluding carboxylic acids is 1. The van der Waals surface area contributed by atoms with Crippen LogP contribution in [-0.4, -0.2) is 26.8 Å². The number of hydrogen-bond donors (Lipinski definition) is 0. The molecule has 0 spiro atoms. The first kappa shape index (κ1) is 20.1. The molecule has 0 saturated carbocycles. The highest BCUT2D eigenvalue weighted by Crippen LogP contribution is 2.43. The van der Waals surface area contributed by atoms with Gasteiger partial charge in [0, 0.05) is 23.8 Å². The molecule has 4 rings (SSSR count). The fourth-order valence-electron chi connectivity index (χ4n) is 3.48. The zero-order chi connectivity index (χ0) is 21.3. The van der Waals surface area contributed by atoms with Crippen molar-refractivity contribution < 1.29 is 9.53 Å². The minimum Gasteiger partial charge on any atom is -0.447 e. The monoisotopic (exact) mass is 418 g/mol. The lowest BCUT2D eigenvalue weighted by atomic mass is 10.0. The largest absolute Gasteiger partial charge is 0.447 e. The van der Waals surface area contributed by atoms with E-state index in [4.69, 9.17) is 4.74 Å². The van der Waals surface area contributed by atoms with Gasteiger partial charge in [-0.05, 0) is 25.5 Å². The van der Waals surface area contributed by atoms with Crippen molar-refractivity contribution in [1.29, 1.82) is 0 Å². The summed E-state index contributed by atoms with van der Waals surface area (Å²) in [6, 6.07) is 13.7. The molecule has 30 heavy (non-hydrogen) atoms. The summed E-state index contributed by atoms with van der Waals surface area (Å²) in [6.07, 6.45) is 1.12. The van der Waals surface area contributed by atoms with Crippen molar-refractivity contribution >= 4 is 23.4 Å². The average Bonchev–Trinajstić information content (AvgIpc) is 2.88. The lowest BCUT2D eigenvalue weighted by Gasteiger charge is -2.31. The predicted octanol–water partition coefficient (Wildman–Crippen LogP) is 4.88. The number of ether oxygens (including phenoxy) is 1. The van der Waals surface area contributed by atoms with Crippen molar-refractivity contribution in [1.82, 2.24) is 15.2 Å². The van der Waals surface area contributed by atoms with E-state index >= 15 is 0 Å². The maximum absolute atomic E-state index is 12.8. The first-order chi connectivity index (χ1) is 14.5. The lowest BCUT2D eigenvalue weighted by molar-refractivity contribution is -0.118. The van der Waals surface area contributed by atoms with Gasteiger partial charge >= 0.3 is 0 Å². The molecule has 1 aromatic heterocycles. The van der Waals surface area contributed by atoms with Gasteiger partial charge in [-0.25, -0.2) is 0 Å². The van der Waals surface area contributed by atoms with Crippen LogP contribution in [0.4, 0.5) is 5.69 Å². The molecule has 2 aromatic carbocycles. The standard InChI is InChI=1S/C23H22N4O2S/c1-5-12-30-23-24-21-20(25-26-23)17-8-6-7-9-19(17)27(16(4)28)22(29-21)18-13-14(2)10-11-15(18)3/h5-11,13,22H,1,12H2,2-4H3/t22-/m1/s1. The second-order valence-corrected chi connectivity index (χ2v) is 8.07. The van der Waals surface area contributed by atoms with Gasteiger partial charge in [-0.1, -0.05) is 59.8 Å². The fraction of sp³-hybridized carbons (Fsp3) is 0.217. The summed E-state index contributed by atoms with van der Waals surface area (Å²) in [5.41, 5.74) is 5.02. The van der Waals surface area contributed by atoms with Crippen molar-refractivity contribution in [2.45, 2.75) is 32.2 Å². The number of carbonyl (C=O) groups is 1. The zero-order valence-corrected chi connectivity index (χ0v) is 17.9. The first-order valence-electron chi connectivity index (χ1n) is 9.61. The molecular weight excluding hydrogens is 396 g/mol. The summed E-state index contributed by atoms with van der Waals surface area (Å²) >= 11 is 1.43. The SMILES string of the molecule is C=CCSc1nnc2c(n1)O[C@H](c1cc(C)ccc1C)N(C(C)=O)c1ccccc1-2. The van der Waals surface area contributed by atoms with Crippen LogP contribution in [0.2, 0.25) is 0 Å². The van der Waals surface area contributed by atoms with E-state index in [2.05, 4.69) is 21.8 Å². The molecule has 1 aliphatic rings. The summed E-state index contributed by atoms with van der Waals surface area (Å²) in [7, 11) is 0. The fourth-order valence-corrected chi connectivity index (χ4v) is 3.99. The molecule has 0 unspecified atom stereocenters. The Bertz CT molecular complexity index is 1130. The second kappa shape index (κ2) is 8.28. The van der Waals surface area contributed by atoms with Crippen molar-refractivity contribution in [3.05, 3.63) is 71.8 Å². The number of aromatic nitrogens is 3. The van der Waals surface area contributed by atoms with Gasteiger partial charge < -0.3 is 4.74 Å². The molecule has 1 amide bonds. The van der Waals surface area contributed by atoms with E-state index in [9.17, 15) is 4.79 Å². The third kappa shape index (κ3) is 3.68. The number of amides is 1. The number of rotatable bonds is 4. The number of anilines is 1. The normalized spacial score (nSPS) is 14.9. The molecule has 0 radical (unpaired) electrons. The molecule has 2 heterocycles. The molecule has 7 heteroatoms. The van der Waals surface area contributed by atoms with Crippen LogP contribution in [0.15, 0.2) is 60.3 Å². The maximum Gasteiger partial charge on any atom is 0.247 e. The van der Waals surface area contributed by atoms with E-state index in [0.717, 1.165) is 27.9 Å². The van der Waals surface area contributed by atoms with E-state index in [-0.39, 0.29) is 5.91 Å². The van der Waals surface area contributed by atoms with Gasteiger partial charge in [0.1, 0.15) is 0 Å². The molecule has 3 aromatic rings. The first-order valence-corrected chi connectivity index (χ1v) is 10.6. The van der Waals surface area contributed by atoms with Crippen LogP contribution in [0.1, 0.15) is 29.8 Å². The van der Waals surface area contributed by atoms with E-state index in [1.54, 1.807) is 17.9 Å². The highest BCUT2D eigenvalue weighted by atomic mass is 32.2. The van der Waals surface area contributed by atoms with E-state index < -0.39 is 6.23 Å². The number of nitrogens with zero attached hydrogens (tertiary/aromatic N) is 4. The van der Waals surface area contributed by atoms with Crippen molar-refractivity contribution in [2.75, 3.05) is 10.7 Å². The highest BCUT2D eigenvalue weighted by molar-refractivity contribution is 7.99. The van der Waals surface area contributed by atoms with Gasteiger partial charge in [0.15, 0.2) is 5.69 Å². The average molecular weight is 419 g/mol. The topological polar surface area (TPSA) is 68.2 Å². The molecular formula is C23H22N4O2S. The zero-order valence-electron chi connectivity index (χ0n) is 17.1. The van der Waals surface area contributed by atoms with Gasteiger partial charge in [-0.3, -0.25) is 9.69 Å². The summed E-state index contributed by atoms with van der Waals surface area (Å²) < 4.78 is 6.41. The van der Waals surface area contributed by atoms with E-state index in [0.29, 0.717) is 22.5 Å². The molecule has 0 bridgehead atoms. The van der Waals surface area contributed by atoms with Gasteiger partial charge in [-0.2, -0.15) is 4.98 Å². The molecule has 0 N–H and O–H groups in total. The number of aryl methyl sites for hydroxylation is 2. The number of benzene rings is 2. The Morgan fingerprint density at radius 2 is 2.03 bits per heavy atom. The van der Waals surface area contributed by atoms with Gasteiger partial charge in [0.2, 0.25) is 23.2 Å². The summed E-state index contributed by atoms with van der Waals surface area (Å²) in [4.78, 5) is 19.1. The Labute approximate surface area is 180 Å². The minimum absolute atomic E-state index is 0.129. The van der Waals surface area contributed by atoms with Gasteiger partial charge in [-0.15, -0.1) is 16.8 Å². The van der Waals surface area contributed by atoms with Crippen LogP contribution < -0.4 is 9.64 Å². The third-order valence-corrected chi connectivity index (χ3v) is 5.72. The van der Waals surface area contributed by atoms with Crippen molar-refractivity contribution in [3.63, 3.8) is 0 Å². The Morgan fingerprint density at radius 3 is 2.80 bits per heavy atom. The number of thioether (sulfide) groups is 1. The number of fused-ring (bicyclic) bond motifs is 3. The minimum atomic E-state index is -0.668. The number of para-hydroxylation sites is 1. The maximum atomic E-state index is 12.8. The molecule has 0 aliphatic carbocycles. The van der Waals surface area contributed by atoms with Crippen LogP contribution in [0.3, 0.4) is 0 Å². The Hall–Kier alpha value is -3.19. The molecule has 1 atom stereocenters. The Morgan fingerprint density at radius 1 is 1.23 bits per heavy atom. The van der Waals surface area contributed by atoms with Crippen molar-refractivity contribution in [2.24, 2.45) is 0 Å². The molecule has 1 aliphatic heterocycles. The highest BCUT2D eigenvalue weighted by Gasteiger charge is 2.35. The molecule has 0 saturated heterocycles. The molecule has 0 fully saturated rings. The van der Waals surface area contributed by atoms with Crippen LogP contribution >= 0.6 is 11.8 Å². The van der Waals surface area contributed by atoms with E-state index in [1.165, 1.54) is 11.8 Å². The predicted molar refractivity (Wildman–Crippen MR) is 119 cm³/mol. The smallest absolute Gasteiger partial charge is 0.247 e. The number of hydrogen-bond acceptors (Lipinski definition) is 6. The Kier molecular flexibility index (Phi) is 5.55. The van der Waals surface area contributed by atoms with Crippen LogP contribution in [0, 0.1) is 13.8 Å². The summed E-state index contributed by atoms with van der Waals surface area (Å²) in [5, 5.41) is 9.15. The van der Waals surface area contributed by atoms with Crippen LogP contribution in [-0.2, 0) is 4.79 Å². The third-order valence-electron chi connectivity index (χ3n) is 4.88. The quantitative estimate of drug-likeness (QED) is 0.444. The second-order valence-electron chi connectivity index (χ2n) is 7.08. The molecule has 152 valence electrons. The Balaban J connectivity index is 1.95. The van der Waals surface area contributed by atoms with Crippen molar-refractivity contribution in [3.8, 4) is 17.1 Å². The summed E-state index contributed by atoms with van der Waals surface area (Å²) in [5.74, 6) is 0.894. The van der Waals surface area contributed by atoms with Gasteiger partial charge in [0.25, 0.3) is 0 Å². The van der Waals surface area contributed by atoms with Gasteiger partial charge in [0.05, 0.1) is 5.69 Å². The van der Waals surface area contributed by atoms with E-state index in [1.807, 2.05) is 56.3 Å². The van der Waals surface area contributed by atoms with Crippen LogP contribution in [0.25, 0.3) is 11.3 Å².